The van der Waals surface area contributed by atoms with Gasteiger partial charge in [-0.25, -0.2) is 0 Å². The highest BCUT2D eigenvalue weighted by molar-refractivity contribution is 6.74. The van der Waals surface area contributed by atoms with Crippen LogP contribution in [0.15, 0.2) is 30.5 Å². The average Bonchev–Trinajstić information content (AvgIpc) is 3.09. The summed E-state index contributed by atoms with van der Waals surface area (Å²) in [7, 11) is -1.74. The molecule has 2 nitrogen and oxygen atoms in total. The second kappa shape index (κ2) is 8.05. The molecule has 4 aliphatic rings. The van der Waals surface area contributed by atoms with Gasteiger partial charge in [-0.1, -0.05) is 39.8 Å². The van der Waals surface area contributed by atoms with Crippen molar-refractivity contribution >= 4 is 13.9 Å². The fourth-order valence-corrected chi connectivity index (χ4v) is 10.1. The Labute approximate surface area is 204 Å². The number of pyridine rings is 1. The number of allylic oxidation sites excluding steroid dienone is 2. The van der Waals surface area contributed by atoms with Gasteiger partial charge in [-0.15, -0.1) is 0 Å². The smallest absolute Gasteiger partial charge is 0.192 e. The Hall–Kier alpha value is -0.933. The average molecular weight is 466 g/mol. The standard InChI is InChI=1S/C30H47NOSi/c1-28(2,3)33(6,7)32-29(4)17-15-22-21(20-29)11-12-24-23(22)16-18-30(5)25(24)13-14-26(30)27-10-8-9-19-31-27/h8-10,14,19,21-25H,11-13,15-18,20H2,1-7H3/t21-,22+,23-,24-,25+,29-,30+/m1/s1. The zero-order chi connectivity index (χ0) is 23.6. The molecule has 0 amide bonds. The van der Waals surface area contributed by atoms with E-state index in [1.807, 2.05) is 12.3 Å². The largest absolute Gasteiger partial charge is 0.412 e. The van der Waals surface area contributed by atoms with Crippen molar-refractivity contribution in [2.45, 2.75) is 110 Å². The van der Waals surface area contributed by atoms with E-state index < -0.39 is 8.32 Å². The number of hydrogen-bond acceptors (Lipinski definition) is 2. The van der Waals surface area contributed by atoms with Gasteiger partial charge >= 0.3 is 0 Å². The van der Waals surface area contributed by atoms with Gasteiger partial charge in [0.1, 0.15) is 0 Å². The molecule has 0 aliphatic heterocycles. The molecule has 182 valence electrons. The summed E-state index contributed by atoms with van der Waals surface area (Å²) in [5.74, 6) is 4.49. The molecule has 33 heavy (non-hydrogen) atoms. The van der Waals surface area contributed by atoms with Gasteiger partial charge in [-0.3, -0.25) is 4.98 Å². The Morgan fingerprint density at radius 2 is 1.73 bits per heavy atom. The Morgan fingerprint density at radius 1 is 0.970 bits per heavy atom. The molecule has 1 aromatic heterocycles. The lowest BCUT2D eigenvalue weighted by molar-refractivity contribution is -0.0837. The predicted molar refractivity (Wildman–Crippen MR) is 141 cm³/mol. The van der Waals surface area contributed by atoms with Crippen molar-refractivity contribution in [3.8, 4) is 0 Å². The van der Waals surface area contributed by atoms with Crippen molar-refractivity contribution in [2.75, 3.05) is 0 Å². The summed E-state index contributed by atoms with van der Waals surface area (Å²) in [6.07, 6.45) is 15.4. The highest BCUT2D eigenvalue weighted by Gasteiger charge is 2.56. The fraction of sp³-hybridized carbons (Fsp3) is 0.767. The molecule has 7 atom stereocenters. The van der Waals surface area contributed by atoms with E-state index in [2.05, 4.69) is 65.9 Å². The molecule has 0 radical (unpaired) electrons. The number of nitrogens with zero attached hydrogens (tertiary/aromatic N) is 1. The highest BCUT2D eigenvalue weighted by Crippen LogP contribution is 2.64. The molecule has 0 saturated heterocycles. The monoisotopic (exact) mass is 465 g/mol. The van der Waals surface area contributed by atoms with Gasteiger partial charge < -0.3 is 4.43 Å². The zero-order valence-electron chi connectivity index (χ0n) is 22.3. The van der Waals surface area contributed by atoms with Gasteiger partial charge in [-0.05, 0) is 129 Å². The Morgan fingerprint density at radius 3 is 2.42 bits per heavy atom. The van der Waals surface area contributed by atoms with Crippen LogP contribution in [0.3, 0.4) is 0 Å². The number of fused-ring (bicyclic) bond motifs is 5. The van der Waals surface area contributed by atoms with Crippen molar-refractivity contribution in [3.05, 3.63) is 36.2 Å². The lowest BCUT2D eigenvalue weighted by Gasteiger charge is -2.58. The fourth-order valence-electron chi connectivity index (χ4n) is 8.41. The van der Waals surface area contributed by atoms with E-state index in [9.17, 15) is 0 Å². The Bertz CT molecular complexity index is 902. The lowest BCUT2D eigenvalue weighted by atomic mass is 9.49. The van der Waals surface area contributed by atoms with Gasteiger partial charge in [-0.2, -0.15) is 0 Å². The third-order valence-corrected chi connectivity index (χ3v) is 15.7. The second-order valence-electron chi connectivity index (χ2n) is 14.0. The Kier molecular flexibility index (Phi) is 5.80. The third-order valence-electron chi connectivity index (χ3n) is 11.0. The minimum Gasteiger partial charge on any atom is -0.412 e. The molecule has 3 saturated carbocycles. The van der Waals surface area contributed by atoms with Crippen LogP contribution >= 0.6 is 0 Å². The van der Waals surface area contributed by atoms with Crippen LogP contribution in [-0.4, -0.2) is 18.9 Å². The van der Waals surface area contributed by atoms with Crippen LogP contribution < -0.4 is 0 Å². The molecular weight excluding hydrogens is 418 g/mol. The van der Waals surface area contributed by atoms with Crippen LogP contribution in [0.4, 0.5) is 0 Å². The topological polar surface area (TPSA) is 22.1 Å². The molecule has 5 rings (SSSR count). The first-order valence-electron chi connectivity index (χ1n) is 13.8. The summed E-state index contributed by atoms with van der Waals surface area (Å²) in [4.78, 5) is 4.75. The minimum atomic E-state index is -1.74. The quantitative estimate of drug-likeness (QED) is 0.417. The van der Waals surface area contributed by atoms with E-state index in [1.54, 1.807) is 5.57 Å². The summed E-state index contributed by atoms with van der Waals surface area (Å²) >= 11 is 0. The molecule has 3 fully saturated rings. The number of rotatable bonds is 3. The maximum atomic E-state index is 7.09. The summed E-state index contributed by atoms with van der Waals surface area (Å²) < 4.78 is 7.09. The highest BCUT2D eigenvalue weighted by atomic mass is 28.4. The number of aromatic nitrogens is 1. The summed E-state index contributed by atoms with van der Waals surface area (Å²) in [5.41, 5.74) is 3.21. The zero-order valence-corrected chi connectivity index (χ0v) is 23.3. The minimum absolute atomic E-state index is 0.0985. The lowest BCUT2D eigenvalue weighted by Crippen LogP contribution is -2.54. The molecular formula is C30H47NOSi. The van der Waals surface area contributed by atoms with Crippen molar-refractivity contribution < 1.29 is 4.43 Å². The first kappa shape index (κ1) is 23.8. The van der Waals surface area contributed by atoms with Crippen LogP contribution in [0.25, 0.3) is 5.57 Å². The molecule has 1 heterocycles. The predicted octanol–water partition coefficient (Wildman–Crippen LogP) is 8.51. The Balaban J connectivity index is 1.30. The SMILES string of the molecule is CC(C)(C)[Si](C)(C)O[C@]1(C)CC[C@H]2[C@H](CC[C@@H]3[C@@H]2CC[C@]2(C)C(c4ccccn4)=CC[C@@H]32)C1. The van der Waals surface area contributed by atoms with Gasteiger partial charge in [0.05, 0.1) is 11.3 Å². The van der Waals surface area contributed by atoms with E-state index in [4.69, 9.17) is 9.41 Å². The second-order valence-corrected chi connectivity index (χ2v) is 18.7. The van der Waals surface area contributed by atoms with Gasteiger partial charge in [0, 0.05) is 6.20 Å². The molecule has 0 spiro atoms. The normalized spacial score (nSPS) is 41.1. The van der Waals surface area contributed by atoms with E-state index in [-0.39, 0.29) is 5.60 Å². The van der Waals surface area contributed by atoms with Crippen LogP contribution in [0.1, 0.15) is 91.7 Å². The van der Waals surface area contributed by atoms with Crippen molar-refractivity contribution in [1.29, 1.82) is 0 Å². The van der Waals surface area contributed by atoms with Gasteiger partial charge in [0.2, 0.25) is 0 Å². The molecule has 0 bridgehead atoms. The van der Waals surface area contributed by atoms with Crippen LogP contribution in [0, 0.1) is 35.0 Å². The van der Waals surface area contributed by atoms with Crippen LogP contribution in [0.2, 0.25) is 18.1 Å². The molecule has 0 N–H and O–H groups in total. The van der Waals surface area contributed by atoms with Crippen molar-refractivity contribution in [1.82, 2.24) is 4.98 Å². The van der Waals surface area contributed by atoms with E-state index in [0.717, 1.165) is 29.6 Å². The molecule has 3 heteroatoms. The van der Waals surface area contributed by atoms with Gasteiger partial charge in [0.15, 0.2) is 8.32 Å². The van der Waals surface area contributed by atoms with Crippen LogP contribution in [0.5, 0.6) is 0 Å². The van der Waals surface area contributed by atoms with Crippen molar-refractivity contribution in [3.63, 3.8) is 0 Å². The molecule has 0 unspecified atom stereocenters. The first-order chi connectivity index (χ1) is 15.4. The summed E-state index contributed by atoms with van der Waals surface area (Å²) in [5, 5.41) is 0.291. The first-order valence-corrected chi connectivity index (χ1v) is 16.7. The van der Waals surface area contributed by atoms with E-state index in [0.29, 0.717) is 10.5 Å². The van der Waals surface area contributed by atoms with E-state index in [1.165, 1.54) is 57.1 Å². The van der Waals surface area contributed by atoms with Gasteiger partial charge in [0.25, 0.3) is 0 Å². The molecule has 0 aromatic carbocycles. The van der Waals surface area contributed by atoms with Crippen LogP contribution in [-0.2, 0) is 4.43 Å². The summed E-state index contributed by atoms with van der Waals surface area (Å²) in [6.45, 7) is 17.0. The summed E-state index contributed by atoms with van der Waals surface area (Å²) in [6, 6.07) is 6.43. The van der Waals surface area contributed by atoms with Crippen molar-refractivity contribution in [2.24, 2.45) is 35.0 Å². The maximum absolute atomic E-state index is 7.09. The molecule has 4 aliphatic carbocycles. The van der Waals surface area contributed by atoms with E-state index >= 15 is 0 Å². The maximum Gasteiger partial charge on any atom is 0.192 e. The third kappa shape index (κ3) is 3.99. The molecule has 1 aromatic rings. The number of hydrogen-bond donors (Lipinski definition) is 0.